The van der Waals surface area contributed by atoms with Gasteiger partial charge in [-0.1, -0.05) is 0 Å². The molecule has 17 heavy (non-hydrogen) atoms. The molecule has 0 aliphatic heterocycles. The molecule has 0 fully saturated rings. The zero-order valence-corrected chi connectivity index (χ0v) is 11.3. The number of nitrogens with one attached hydrogen (secondary N) is 1. The van der Waals surface area contributed by atoms with Crippen LogP contribution in [0, 0.1) is 0 Å². The first-order chi connectivity index (χ1) is 8.01. The molecule has 0 rings (SSSR count). The topological polar surface area (TPSA) is 58.6 Å². The Morgan fingerprint density at radius 2 is 1.82 bits per heavy atom. The van der Waals surface area contributed by atoms with Gasteiger partial charge in [0, 0.05) is 26.1 Å². The van der Waals surface area contributed by atoms with Crippen LogP contribution in [0.4, 0.5) is 0 Å². The number of carbonyl (C=O) groups excluding carboxylic acids is 2. The van der Waals surface area contributed by atoms with Crippen molar-refractivity contribution in [2.24, 2.45) is 0 Å². The van der Waals surface area contributed by atoms with Gasteiger partial charge in [-0.05, 0) is 27.7 Å². The van der Waals surface area contributed by atoms with E-state index in [0.717, 1.165) is 0 Å². The third-order valence-electron chi connectivity index (χ3n) is 2.32. The van der Waals surface area contributed by atoms with Crippen molar-refractivity contribution < 1.29 is 14.3 Å². The van der Waals surface area contributed by atoms with Crippen molar-refractivity contribution in [1.82, 2.24) is 10.2 Å². The summed E-state index contributed by atoms with van der Waals surface area (Å²) >= 11 is 0. The van der Waals surface area contributed by atoms with Crippen molar-refractivity contribution in [3.05, 3.63) is 0 Å². The molecule has 0 unspecified atom stereocenters. The minimum Gasteiger partial charge on any atom is -0.369 e. The van der Waals surface area contributed by atoms with Crippen molar-refractivity contribution in [3.8, 4) is 0 Å². The van der Waals surface area contributed by atoms with Gasteiger partial charge in [-0.25, -0.2) is 0 Å². The highest BCUT2D eigenvalue weighted by atomic mass is 16.5. The predicted molar refractivity (Wildman–Crippen MR) is 66.6 cm³/mol. The molecule has 0 aromatic rings. The Kier molecular flexibility index (Phi) is 8.40. The largest absolute Gasteiger partial charge is 0.369 e. The average Bonchev–Trinajstić information content (AvgIpc) is 2.28. The number of amides is 2. The van der Waals surface area contributed by atoms with Crippen LogP contribution >= 0.6 is 0 Å². The molecule has 0 saturated carbocycles. The van der Waals surface area contributed by atoms with Crippen molar-refractivity contribution in [1.29, 1.82) is 0 Å². The van der Waals surface area contributed by atoms with Crippen LogP contribution in [0.2, 0.25) is 0 Å². The normalized spacial score (nSPS) is 10.4. The second-order valence-corrected chi connectivity index (χ2v) is 4.03. The monoisotopic (exact) mass is 244 g/mol. The van der Waals surface area contributed by atoms with Crippen LogP contribution in [0.15, 0.2) is 0 Å². The highest BCUT2D eigenvalue weighted by Gasteiger charge is 2.09. The molecular weight excluding hydrogens is 220 g/mol. The molecule has 2 amide bonds. The minimum absolute atomic E-state index is 0.0399. The van der Waals surface area contributed by atoms with E-state index in [1.54, 1.807) is 4.90 Å². The number of hydrogen-bond donors (Lipinski definition) is 1. The van der Waals surface area contributed by atoms with Gasteiger partial charge in [0.05, 0.1) is 6.10 Å². The predicted octanol–water partition coefficient (Wildman–Crippen LogP) is 0.786. The summed E-state index contributed by atoms with van der Waals surface area (Å²) in [5.41, 5.74) is 0. The number of rotatable bonds is 8. The molecule has 1 N–H and O–H groups in total. The zero-order valence-electron chi connectivity index (χ0n) is 11.3. The fraction of sp³-hybridized carbons (Fsp3) is 0.833. The molecule has 0 radical (unpaired) electrons. The van der Waals surface area contributed by atoms with Gasteiger partial charge in [-0.15, -0.1) is 0 Å². The number of ether oxygens (including phenoxy) is 1. The summed E-state index contributed by atoms with van der Waals surface area (Å²) in [6.07, 6.45) is 0.382. The lowest BCUT2D eigenvalue weighted by Crippen LogP contribution is -2.35. The maximum Gasteiger partial charge on any atom is 0.246 e. The maximum atomic E-state index is 11.6. The molecule has 0 aromatic heterocycles. The van der Waals surface area contributed by atoms with E-state index in [4.69, 9.17) is 4.74 Å². The summed E-state index contributed by atoms with van der Waals surface area (Å²) in [4.78, 5) is 24.6. The SMILES string of the molecule is CCN(CC)C(=O)CCNC(=O)COC(C)C. The van der Waals surface area contributed by atoms with Crippen LogP contribution in [0.3, 0.4) is 0 Å². The van der Waals surface area contributed by atoms with Gasteiger partial charge >= 0.3 is 0 Å². The lowest BCUT2D eigenvalue weighted by Gasteiger charge is -2.18. The van der Waals surface area contributed by atoms with Gasteiger partial charge in [0.2, 0.25) is 11.8 Å². The van der Waals surface area contributed by atoms with Crippen LogP contribution in [0.25, 0.3) is 0 Å². The van der Waals surface area contributed by atoms with Crippen LogP contribution in [0.5, 0.6) is 0 Å². The summed E-state index contributed by atoms with van der Waals surface area (Å²) in [6, 6.07) is 0. The Morgan fingerprint density at radius 3 is 2.29 bits per heavy atom. The van der Waals surface area contributed by atoms with E-state index in [0.29, 0.717) is 26.1 Å². The van der Waals surface area contributed by atoms with E-state index in [9.17, 15) is 9.59 Å². The van der Waals surface area contributed by atoms with Crippen molar-refractivity contribution in [2.45, 2.75) is 40.2 Å². The second-order valence-electron chi connectivity index (χ2n) is 4.03. The van der Waals surface area contributed by atoms with E-state index in [1.165, 1.54) is 0 Å². The third-order valence-corrected chi connectivity index (χ3v) is 2.32. The third kappa shape index (κ3) is 7.74. The smallest absolute Gasteiger partial charge is 0.246 e. The molecule has 0 atom stereocenters. The van der Waals surface area contributed by atoms with Crippen LogP contribution in [-0.4, -0.2) is 49.1 Å². The van der Waals surface area contributed by atoms with Gasteiger partial charge in [0.25, 0.3) is 0 Å². The zero-order chi connectivity index (χ0) is 13.3. The lowest BCUT2D eigenvalue weighted by molar-refractivity contribution is -0.131. The van der Waals surface area contributed by atoms with Gasteiger partial charge < -0.3 is 15.0 Å². The van der Waals surface area contributed by atoms with Gasteiger partial charge in [0.15, 0.2) is 0 Å². The maximum absolute atomic E-state index is 11.6. The van der Waals surface area contributed by atoms with Gasteiger partial charge in [-0.3, -0.25) is 9.59 Å². The number of carbonyl (C=O) groups is 2. The van der Waals surface area contributed by atoms with Crippen molar-refractivity contribution in [2.75, 3.05) is 26.2 Å². The van der Waals surface area contributed by atoms with E-state index < -0.39 is 0 Å². The Balaban J connectivity index is 3.69. The molecule has 5 heteroatoms. The number of nitrogens with zero attached hydrogens (tertiary/aromatic N) is 1. The summed E-state index contributed by atoms with van der Waals surface area (Å²) in [5.74, 6) is -0.105. The fourth-order valence-electron chi connectivity index (χ4n) is 1.34. The summed E-state index contributed by atoms with van der Waals surface area (Å²) < 4.78 is 5.14. The molecule has 0 aliphatic rings. The Bertz CT molecular complexity index is 238. The average molecular weight is 244 g/mol. The minimum atomic E-state index is -0.175. The standard InChI is InChI=1S/C12H24N2O3/c1-5-14(6-2)12(16)7-8-13-11(15)9-17-10(3)4/h10H,5-9H2,1-4H3,(H,13,15). The summed E-state index contributed by atoms with van der Waals surface area (Å²) in [5, 5.41) is 2.66. The molecule has 0 heterocycles. The van der Waals surface area contributed by atoms with Crippen molar-refractivity contribution in [3.63, 3.8) is 0 Å². The fourth-order valence-corrected chi connectivity index (χ4v) is 1.34. The highest BCUT2D eigenvalue weighted by molar-refractivity contribution is 5.79. The van der Waals surface area contributed by atoms with E-state index >= 15 is 0 Å². The van der Waals surface area contributed by atoms with Gasteiger partial charge in [0.1, 0.15) is 6.61 Å². The first kappa shape index (κ1) is 15.9. The first-order valence-electron chi connectivity index (χ1n) is 6.17. The molecule has 0 aromatic carbocycles. The second kappa shape index (κ2) is 8.98. The molecular formula is C12H24N2O3. The summed E-state index contributed by atoms with van der Waals surface area (Å²) in [7, 11) is 0. The molecule has 0 spiro atoms. The molecule has 0 bridgehead atoms. The van der Waals surface area contributed by atoms with Crippen LogP contribution in [-0.2, 0) is 14.3 Å². The molecule has 5 nitrogen and oxygen atoms in total. The molecule has 0 aliphatic carbocycles. The van der Waals surface area contributed by atoms with Crippen molar-refractivity contribution >= 4 is 11.8 Å². The summed E-state index contributed by atoms with van der Waals surface area (Å²) in [6.45, 7) is 9.47. The Hall–Kier alpha value is -1.10. The molecule has 0 saturated heterocycles. The lowest BCUT2D eigenvalue weighted by atomic mass is 10.3. The van der Waals surface area contributed by atoms with E-state index in [1.807, 2.05) is 27.7 Å². The Morgan fingerprint density at radius 1 is 1.24 bits per heavy atom. The van der Waals surface area contributed by atoms with Gasteiger partial charge in [-0.2, -0.15) is 0 Å². The van der Waals surface area contributed by atoms with E-state index in [-0.39, 0.29) is 24.5 Å². The first-order valence-corrected chi connectivity index (χ1v) is 6.17. The van der Waals surface area contributed by atoms with E-state index in [2.05, 4.69) is 5.32 Å². The Labute approximate surface area is 103 Å². The number of hydrogen-bond acceptors (Lipinski definition) is 3. The molecule has 100 valence electrons. The highest BCUT2D eigenvalue weighted by Crippen LogP contribution is 1.93. The van der Waals surface area contributed by atoms with Crippen LogP contribution < -0.4 is 5.32 Å². The van der Waals surface area contributed by atoms with Crippen LogP contribution in [0.1, 0.15) is 34.1 Å². The quantitative estimate of drug-likeness (QED) is 0.686.